The highest BCUT2D eigenvalue weighted by atomic mass is 16.2. The highest BCUT2D eigenvalue weighted by molar-refractivity contribution is 5.91. The van der Waals surface area contributed by atoms with Crippen LogP contribution in [0.25, 0.3) is 0 Å². The molecule has 4 nitrogen and oxygen atoms in total. The molecule has 0 atom stereocenters. The topological polar surface area (TPSA) is 44.4 Å². The maximum absolute atomic E-state index is 12.3. The predicted octanol–water partition coefficient (Wildman–Crippen LogP) is 1.83. The lowest BCUT2D eigenvalue weighted by Crippen LogP contribution is -2.66. The van der Waals surface area contributed by atoms with E-state index in [1.54, 1.807) is 0 Å². The van der Waals surface area contributed by atoms with E-state index in [9.17, 15) is 4.79 Å². The summed E-state index contributed by atoms with van der Waals surface area (Å²) in [6.45, 7) is 3.12. The van der Waals surface area contributed by atoms with Crippen molar-refractivity contribution in [2.45, 2.75) is 25.3 Å². The van der Waals surface area contributed by atoms with Gasteiger partial charge in [-0.1, -0.05) is 18.2 Å². The summed E-state index contributed by atoms with van der Waals surface area (Å²) in [5, 5.41) is 6.40. The molecule has 1 aromatic rings. The lowest BCUT2D eigenvalue weighted by molar-refractivity contribution is -0.0173. The van der Waals surface area contributed by atoms with Gasteiger partial charge in [-0.25, -0.2) is 4.79 Å². The number of hydrogen-bond donors (Lipinski definition) is 2. The fourth-order valence-electron chi connectivity index (χ4n) is 3.67. The summed E-state index contributed by atoms with van der Waals surface area (Å²) in [6, 6.07) is 8.65. The number of rotatable bonds is 1. The van der Waals surface area contributed by atoms with Gasteiger partial charge in [-0.05, 0) is 36.3 Å². The quantitative estimate of drug-likeness (QED) is 0.806. The van der Waals surface area contributed by atoms with E-state index in [0.29, 0.717) is 11.5 Å². The number of fused-ring (bicyclic) bond motifs is 1. The molecular weight excluding hydrogens is 238 g/mol. The van der Waals surface area contributed by atoms with Crippen molar-refractivity contribution >= 4 is 11.7 Å². The van der Waals surface area contributed by atoms with Gasteiger partial charge in [-0.3, -0.25) is 0 Å². The van der Waals surface area contributed by atoms with E-state index in [2.05, 4.69) is 16.7 Å². The lowest BCUT2D eigenvalue weighted by Gasteiger charge is -2.56. The van der Waals surface area contributed by atoms with Gasteiger partial charge in [0.05, 0.1) is 0 Å². The van der Waals surface area contributed by atoms with Gasteiger partial charge >= 0.3 is 6.03 Å². The van der Waals surface area contributed by atoms with Gasteiger partial charge in [-0.15, -0.1) is 0 Å². The number of para-hydroxylation sites is 1. The first-order valence-electron chi connectivity index (χ1n) is 7.12. The smallest absolute Gasteiger partial charge is 0.321 e. The Labute approximate surface area is 113 Å². The minimum atomic E-state index is 0.0806. The van der Waals surface area contributed by atoms with Crippen LogP contribution in [-0.4, -0.2) is 36.6 Å². The molecule has 0 radical (unpaired) electrons. The van der Waals surface area contributed by atoms with Gasteiger partial charge in [0.15, 0.2) is 0 Å². The number of urea groups is 1. The second-order valence-corrected chi connectivity index (χ2v) is 6.20. The molecule has 100 valence electrons. The molecule has 0 unspecified atom stereocenters. The lowest BCUT2D eigenvalue weighted by atomic mass is 9.61. The molecular formula is C15H19N3O. The molecule has 1 saturated carbocycles. The molecule has 2 heterocycles. The summed E-state index contributed by atoms with van der Waals surface area (Å²) < 4.78 is 0. The van der Waals surface area contributed by atoms with Crippen molar-refractivity contribution in [1.82, 2.24) is 10.2 Å². The van der Waals surface area contributed by atoms with Crippen molar-refractivity contribution in [2.24, 2.45) is 5.41 Å². The SMILES string of the molecule is O=C1Nc2ccccc2CCN1C1CC2(CNC2)C1. The number of carbonyl (C=O) groups is 1. The Kier molecular flexibility index (Phi) is 2.36. The fourth-order valence-corrected chi connectivity index (χ4v) is 3.67. The van der Waals surface area contributed by atoms with Crippen LogP contribution in [0.5, 0.6) is 0 Å². The zero-order valence-corrected chi connectivity index (χ0v) is 11.0. The normalized spacial score (nSPS) is 25.1. The number of nitrogens with zero attached hydrogens (tertiary/aromatic N) is 1. The third kappa shape index (κ3) is 1.74. The number of anilines is 1. The Morgan fingerprint density at radius 2 is 2.00 bits per heavy atom. The number of benzene rings is 1. The van der Waals surface area contributed by atoms with Crippen molar-refractivity contribution in [3.8, 4) is 0 Å². The van der Waals surface area contributed by atoms with E-state index in [0.717, 1.165) is 31.7 Å². The fraction of sp³-hybridized carbons (Fsp3) is 0.533. The summed E-state index contributed by atoms with van der Waals surface area (Å²) in [6.07, 6.45) is 3.30. The summed E-state index contributed by atoms with van der Waals surface area (Å²) in [7, 11) is 0. The Balaban J connectivity index is 1.49. The third-order valence-corrected chi connectivity index (χ3v) is 4.92. The molecule has 2 N–H and O–H groups in total. The number of nitrogens with one attached hydrogen (secondary N) is 2. The Bertz CT molecular complexity index is 516. The molecule has 1 saturated heterocycles. The second-order valence-electron chi connectivity index (χ2n) is 6.20. The zero-order valence-electron chi connectivity index (χ0n) is 11.0. The zero-order chi connectivity index (χ0) is 12.9. The molecule has 1 spiro atoms. The average molecular weight is 257 g/mol. The van der Waals surface area contributed by atoms with Crippen molar-refractivity contribution in [1.29, 1.82) is 0 Å². The Hall–Kier alpha value is -1.55. The van der Waals surface area contributed by atoms with Crippen LogP contribution in [0.2, 0.25) is 0 Å². The minimum Gasteiger partial charge on any atom is -0.321 e. The maximum atomic E-state index is 12.3. The maximum Gasteiger partial charge on any atom is 0.322 e. The van der Waals surface area contributed by atoms with Crippen LogP contribution in [0, 0.1) is 5.41 Å². The third-order valence-electron chi connectivity index (χ3n) is 4.92. The van der Waals surface area contributed by atoms with E-state index in [1.165, 1.54) is 18.4 Å². The highest BCUT2D eigenvalue weighted by Crippen LogP contribution is 2.46. The van der Waals surface area contributed by atoms with Crippen LogP contribution in [0.15, 0.2) is 24.3 Å². The number of carbonyl (C=O) groups excluding carboxylic acids is 1. The first-order valence-corrected chi connectivity index (χ1v) is 7.12. The number of amides is 2. The largest absolute Gasteiger partial charge is 0.322 e. The van der Waals surface area contributed by atoms with E-state index < -0.39 is 0 Å². The summed E-state index contributed by atoms with van der Waals surface area (Å²) in [5.41, 5.74) is 2.75. The number of hydrogen-bond acceptors (Lipinski definition) is 2. The van der Waals surface area contributed by atoms with Crippen LogP contribution in [0.4, 0.5) is 10.5 Å². The molecule has 1 aromatic carbocycles. The molecule has 1 aliphatic carbocycles. The van der Waals surface area contributed by atoms with Gasteiger partial charge in [0, 0.05) is 31.4 Å². The van der Waals surface area contributed by atoms with Crippen LogP contribution in [-0.2, 0) is 6.42 Å². The van der Waals surface area contributed by atoms with Crippen LogP contribution >= 0.6 is 0 Å². The van der Waals surface area contributed by atoms with Gasteiger partial charge in [0.1, 0.15) is 0 Å². The molecule has 2 amide bonds. The van der Waals surface area contributed by atoms with Gasteiger partial charge in [-0.2, -0.15) is 0 Å². The summed E-state index contributed by atoms with van der Waals surface area (Å²) in [4.78, 5) is 14.4. The van der Waals surface area contributed by atoms with E-state index >= 15 is 0 Å². The van der Waals surface area contributed by atoms with Crippen molar-refractivity contribution in [2.75, 3.05) is 25.0 Å². The molecule has 2 fully saturated rings. The predicted molar refractivity (Wildman–Crippen MR) is 74.2 cm³/mol. The molecule has 2 aliphatic heterocycles. The summed E-state index contributed by atoms with van der Waals surface area (Å²) >= 11 is 0. The van der Waals surface area contributed by atoms with Crippen LogP contribution in [0.1, 0.15) is 18.4 Å². The average Bonchev–Trinajstić information content (AvgIpc) is 2.46. The van der Waals surface area contributed by atoms with Crippen molar-refractivity contribution in [3.63, 3.8) is 0 Å². The van der Waals surface area contributed by atoms with Gasteiger partial charge in [0.25, 0.3) is 0 Å². The van der Waals surface area contributed by atoms with Crippen molar-refractivity contribution in [3.05, 3.63) is 29.8 Å². The minimum absolute atomic E-state index is 0.0806. The molecule has 0 bridgehead atoms. The monoisotopic (exact) mass is 257 g/mol. The van der Waals surface area contributed by atoms with E-state index in [4.69, 9.17) is 0 Å². The Morgan fingerprint density at radius 1 is 1.21 bits per heavy atom. The standard InChI is InChI=1S/C15H19N3O/c19-14-17-13-4-2-1-3-11(13)5-6-18(14)12-7-15(8-12)9-16-10-15/h1-4,12,16H,5-10H2,(H,17,19). The van der Waals surface area contributed by atoms with Crippen LogP contribution < -0.4 is 10.6 Å². The van der Waals surface area contributed by atoms with E-state index in [1.807, 2.05) is 23.1 Å². The molecule has 0 aromatic heterocycles. The van der Waals surface area contributed by atoms with Gasteiger partial charge in [0.2, 0.25) is 0 Å². The second kappa shape index (κ2) is 3.97. The molecule has 4 rings (SSSR count). The van der Waals surface area contributed by atoms with Gasteiger partial charge < -0.3 is 15.5 Å². The highest BCUT2D eigenvalue weighted by Gasteiger charge is 2.51. The molecule has 19 heavy (non-hydrogen) atoms. The summed E-state index contributed by atoms with van der Waals surface area (Å²) in [5.74, 6) is 0. The first-order chi connectivity index (χ1) is 9.26. The van der Waals surface area contributed by atoms with E-state index in [-0.39, 0.29) is 6.03 Å². The molecule has 4 heteroatoms. The van der Waals surface area contributed by atoms with Crippen LogP contribution in [0.3, 0.4) is 0 Å². The first kappa shape index (κ1) is 11.3. The van der Waals surface area contributed by atoms with Crippen molar-refractivity contribution < 1.29 is 4.79 Å². The molecule has 3 aliphatic rings. The Morgan fingerprint density at radius 3 is 2.74 bits per heavy atom.